The molecule has 18 heavy (non-hydrogen) atoms. The molecule has 0 spiro atoms. The number of nitrogens with zero attached hydrogens (tertiary/aromatic N) is 2. The zero-order valence-corrected chi connectivity index (χ0v) is 9.51. The lowest BCUT2D eigenvalue weighted by Crippen LogP contribution is -1.85. The second kappa shape index (κ2) is 3.20. The van der Waals surface area contributed by atoms with Gasteiger partial charge in [0, 0.05) is 16.6 Å². The van der Waals surface area contributed by atoms with Crippen LogP contribution >= 0.6 is 0 Å². The van der Waals surface area contributed by atoms with Gasteiger partial charge in [-0.2, -0.15) is 0 Å². The SMILES string of the molecule is Nc1ccc2[nH]c3nc4ccccc4nc3c2c1. The maximum Gasteiger partial charge on any atom is 0.157 e. The van der Waals surface area contributed by atoms with Crippen LogP contribution in [0.15, 0.2) is 42.5 Å². The fraction of sp³-hybridized carbons (Fsp3) is 0. The number of hydrogen-bond acceptors (Lipinski definition) is 3. The first-order valence-electron chi connectivity index (χ1n) is 5.75. The van der Waals surface area contributed by atoms with Crippen LogP contribution < -0.4 is 5.73 Å². The van der Waals surface area contributed by atoms with E-state index in [9.17, 15) is 0 Å². The molecule has 0 bridgehead atoms. The number of rotatable bonds is 0. The third-order valence-electron chi connectivity index (χ3n) is 3.12. The largest absolute Gasteiger partial charge is 0.399 e. The monoisotopic (exact) mass is 234 g/mol. The summed E-state index contributed by atoms with van der Waals surface area (Å²) < 4.78 is 0. The van der Waals surface area contributed by atoms with Gasteiger partial charge in [0.15, 0.2) is 5.65 Å². The summed E-state index contributed by atoms with van der Waals surface area (Å²) in [6.07, 6.45) is 0. The molecule has 86 valence electrons. The van der Waals surface area contributed by atoms with Crippen molar-refractivity contribution < 1.29 is 0 Å². The molecular weight excluding hydrogens is 224 g/mol. The highest BCUT2D eigenvalue weighted by atomic mass is 14.9. The average molecular weight is 234 g/mol. The third kappa shape index (κ3) is 1.20. The van der Waals surface area contributed by atoms with Crippen LogP contribution in [-0.2, 0) is 0 Å². The first-order valence-corrected chi connectivity index (χ1v) is 5.75. The molecule has 4 heteroatoms. The molecule has 4 aromatic rings. The molecule has 0 radical (unpaired) electrons. The minimum absolute atomic E-state index is 0.735. The number of para-hydroxylation sites is 2. The van der Waals surface area contributed by atoms with E-state index in [1.807, 2.05) is 42.5 Å². The van der Waals surface area contributed by atoms with Crippen molar-refractivity contribution in [1.29, 1.82) is 0 Å². The van der Waals surface area contributed by atoms with Crippen LogP contribution in [0.4, 0.5) is 5.69 Å². The number of hydrogen-bond donors (Lipinski definition) is 2. The van der Waals surface area contributed by atoms with Crippen molar-refractivity contribution in [2.24, 2.45) is 0 Å². The topological polar surface area (TPSA) is 67.6 Å². The molecule has 4 rings (SSSR count). The Morgan fingerprint density at radius 2 is 1.72 bits per heavy atom. The fourth-order valence-electron chi connectivity index (χ4n) is 2.27. The Morgan fingerprint density at radius 3 is 2.56 bits per heavy atom. The minimum atomic E-state index is 0.735. The molecule has 0 atom stereocenters. The number of nitrogens with one attached hydrogen (secondary N) is 1. The van der Waals surface area contributed by atoms with Crippen LogP contribution in [0, 0.1) is 0 Å². The van der Waals surface area contributed by atoms with Gasteiger partial charge in [-0.3, -0.25) is 0 Å². The summed E-state index contributed by atoms with van der Waals surface area (Å²) in [7, 11) is 0. The predicted octanol–water partition coefficient (Wildman–Crippen LogP) is 2.85. The van der Waals surface area contributed by atoms with E-state index in [0.717, 1.165) is 38.8 Å². The number of H-pyrrole nitrogens is 1. The van der Waals surface area contributed by atoms with Crippen LogP contribution in [0.2, 0.25) is 0 Å². The zero-order valence-electron chi connectivity index (χ0n) is 9.51. The van der Waals surface area contributed by atoms with E-state index in [1.54, 1.807) is 0 Å². The summed E-state index contributed by atoms with van der Waals surface area (Å²) in [6, 6.07) is 13.6. The first-order chi connectivity index (χ1) is 8.81. The Labute approximate surface area is 102 Å². The highest BCUT2D eigenvalue weighted by Crippen LogP contribution is 2.26. The van der Waals surface area contributed by atoms with Crippen LogP contribution in [0.1, 0.15) is 0 Å². The maximum atomic E-state index is 5.82. The number of anilines is 1. The van der Waals surface area contributed by atoms with Crippen LogP contribution in [0.5, 0.6) is 0 Å². The molecule has 2 aromatic heterocycles. The van der Waals surface area contributed by atoms with Crippen molar-refractivity contribution in [3.63, 3.8) is 0 Å². The van der Waals surface area contributed by atoms with E-state index in [4.69, 9.17) is 5.73 Å². The van der Waals surface area contributed by atoms with E-state index in [0.29, 0.717) is 0 Å². The summed E-state index contributed by atoms with van der Waals surface area (Å²) in [5, 5.41) is 1.02. The van der Waals surface area contributed by atoms with Gasteiger partial charge in [-0.15, -0.1) is 0 Å². The van der Waals surface area contributed by atoms with Gasteiger partial charge in [0.1, 0.15) is 5.52 Å². The van der Waals surface area contributed by atoms with Crippen LogP contribution in [0.25, 0.3) is 33.1 Å². The molecule has 0 aliphatic rings. The number of fused-ring (bicyclic) bond motifs is 4. The van der Waals surface area contributed by atoms with E-state index < -0.39 is 0 Å². The Balaban J connectivity index is 2.25. The van der Waals surface area contributed by atoms with Gasteiger partial charge in [0.2, 0.25) is 0 Å². The van der Waals surface area contributed by atoms with Gasteiger partial charge in [-0.25, -0.2) is 9.97 Å². The zero-order chi connectivity index (χ0) is 12.1. The van der Waals surface area contributed by atoms with Gasteiger partial charge in [0.25, 0.3) is 0 Å². The number of aromatic nitrogens is 3. The van der Waals surface area contributed by atoms with Crippen molar-refractivity contribution in [3.8, 4) is 0 Å². The molecule has 0 fully saturated rings. The predicted molar refractivity (Wildman–Crippen MR) is 73.3 cm³/mol. The molecule has 4 nitrogen and oxygen atoms in total. The standard InChI is InChI=1S/C14H10N4/c15-8-5-6-10-9(7-8)13-14(17-10)18-12-4-2-1-3-11(12)16-13/h1-7H,15H2,(H,17,18). The van der Waals surface area contributed by atoms with Crippen molar-refractivity contribution in [2.45, 2.75) is 0 Å². The Bertz CT molecular complexity index is 892. The second-order valence-electron chi connectivity index (χ2n) is 4.34. The third-order valence-corrected chi connectivity index (χ3v) is 3.12. The normalized spacial score (nSPS) is 11.6. The lowest BCUT2D eigenvalue weighted by molar-refractivity contribution is 1.36. The number of aromatic amines is 1. The van der Waals surface area contributed by atoms with Crippen molar-refractivity contribution >= 4 is 38.8 Å². The highest BCUT2D eigenvalue weighted by molar-refractivity contribution is 6.06. The summed E-state index contributed by atoms with van der Waals surface area (Å²) in [5.74, 6) is 0. The van der Waals surface area contributed by atoms with Crippen molar-refractivity contribution in [2.75, 3.05) is 5.73 Å². The quantitative estimate of drug-likeness (QED) is 0.460. The second-order valence-corrected chi connectivity index (χ2v) is 4.34. The fourth-order valence-corrected chi connectivity index (χ4v) is 2.27. The summed E-state index contributed by atoms with van der Waals surface area (Å²) >= 11 is 0. The molecule has 3 N–H and O–H groups in total. The number of benzene rings is 2. The highest BCUT2D eigenvalue weighted by Gasteiger charge is 2.08. The van der Waals surface area contributed by atoms with Gasteiger partial charge in [0.05, 0.1) is 11.0 Å². The van der Waals surface area contributed by atoms with Gasteiger partial charge in [-0.1, -0.05) is 12.1 Å². The lowest BCUT2D eigenvalue weighted by atomic mass is 10.2. The Kier molecular flexibility index (Phi) is 1.67. The van der Waals surface area contributed by atoms with Gasteiger partial charge < -0.3 is 10.7 Å². The van der Waals surface area contributed by atoms with Crippen LogP contribution in [0.3, 0.4) is 0 Å². The molecule has 0 aliphatic heterocycles. The molecule has 2 heterocycles. The Hall–Kier alpha value is -2.62. The number of nitrogen functional groups attached to an aromatic ring is 1. The average Bonchev–Trinajstić information content (AvgIpc) is 2.73. The molecule has 2 aromatic carbocycles. The van der Waals surface area contributed by atoms with Crippen molar-refractivity contribution in [1.82, 2.24) is 15.0 Å². The van der Waals surface area contributed by atoms with Gasteiger partial charge >= 0.3 is 0 Å². The van der Waals surface area contributed by atoms with E-state index in [1.165, 1.54) is 0 Å². The first kappa shape index (κ1) is 9.41. The molecule has 0 aliphatic carbocycles. The smallest absolute Gasteiger partial charge is 0.157 e. The molecule has 0 saturated heterocycles. The Morgan fingerprint density at radius 1 is 0.944 bits per heavy atom. The van der Waals surface area contributed by atoms with E-state index >= 15 is 0 Å². The van der Waals surface area contributed by atoms with E-state index in [2.05, 4.69) is 15.0 Å². The van der Waals surface area contributed by atoms with Gasteiger partial charge in [-0.05, 0) is 30.3 Å². The van der Waals surface area contributed by atoms with Crippen LogP contribution in [-0.4, -0.2) is 15.0 Å². The molecular formula is C14H10N4. The summed E-state index contributed by atoms with van der Waals surface area (Å²) in [5.41, 5.74) is 11.0. The molecule has 0 unspecified atom stereocenters. The maximum absolute atomic E-state index is 5.82. The van der Waals surface area contributed by atoms with Crippen molar-refractivity contribution in [3.05, 3.63) is 42.5 Å². The minimum Gasteiger partial charge on any atom is -0.399 e. The summed E-state index contributed by atoms with van der Waals surface area (Å²) in [6.45, 7) is 0. The molecule has 0 saturated carbocycles. The van der Waals surface area contributed by atoms with E-state index in [-0.39, 0.29) is 0 Å². The molecule has 0 amide bonds. The summed E-state index contributed by atoms with van der Waals surface area (Å²) in [4.78, 5) is 12.5. The number of nitrogens with two attached hydrogens (primary N) is 1. The lowest BCUT2D eigenvalue weighted by Gasteiger charge is -1.96.